The highest BCUT2D eigenvalue weighted by Gasteiger charge is 2.26. The zero-order valence-electron chi connectivity index (χ0n) is 17.5. The minimum absolute atomic E-state index is 0.0409. The molecule has 1 N–H and O–H groups in total. The van der Waals surface area contributed by atoms with Crippen LogP contribution in [-0.4, -0.2) is 23.3 Å². The number of benzene rings is 2. The Morgan fingerprint density at radius 3 is 2.43 bits per heavy atom. The number of carbonyl (C=O) groups excluding carboxylic acids is 2. The maximum atomic E-state index is 12.9. The topological polar surface area (TPSA) is 62.3 Å². The average molecular weight is 399 g/mol. The second-order valence-electron chi connectivity index (χ2n) is 8.57. The van der Waals surface area contributed by atoms with E-state index in [1.165, 1.54) is 5.56 Å². The molecule has 5 nitrogen and oxygen atoms in total. The number of aromatic nitrogens is 1. The molecule has 0 spiro atoms. The van der Waals surface area contributed by atoms with Gasteiger partial charge in [-0.15, -0.1) is 0 Å². The summed E-state index contributed by atoms with van der Waals surface area (Å²) in [6.07, 6.45) is 4.02. The second-order valence-corrected chi connectivity index (χ2v) is 8.57. The van der Waals surface area contributed by atoms with Crippen LogP contribution >= 0.6 is 0 Å². The summed E-state index contributed by atoms with van der Waals surface area (Å²) >= 11 is 0. The lowest BCUT2D eigenvalue weighted by Gasteiger charge is -2.19. The van der Waals surface area contributed by atoms with Crippen LogP contribution in [0.5, 0.6) is 0 Å². The van der Waals surface area contributed by atoms with Crippen LogP contribution in [0.1, 0.15) is 52.6 Å². The Hall–Kier alpha value is -3.47. The fourth-order valence-electron chi connectivity index (χ4n) is 3.64. The molecule has 1 aliphatic heterocycles. The Morgan fingerprint density at radius 2 is 1.77 bits per heavy atom. The zero-order valence-corrected chi connectivity index (χ0v) is 17.5. The van der Waals surface area contributed by atoms with Crippen LogP contribution in [0.25, 0.3) is 0 Å². The Morgan fingerprint density at radius 1 is 1.00 bits per heavy atom. The van der Waals surface area contributed by atoms with Gasteiger partial charge in [0.15, 0.2) is 0 Å². The van der Waals surface area contributed by atoms with Crippen LogP contribution < -0.4 is 10.2 Å². The molecule has 1 aliphatic rings. The van der Waals surface area contributed by atoms with Crippen molar-refractivity contribution in [2.24, 2.45) is 0 Å². The molecule has 2 amide bonds. The second kappa shape index (κ2) is 7.75. The van der Waals surface area contributed by atoms with Gasteiger partial charge in [-0.1, -0.05) is 39.0 Å². The molecule has 2 heterocycles. The monoisotopic (exact) mass is 399 g/mol. The number of carbonyl (C=O) groups is 2. The van der Waals surface area contributed by atoms with E-state index < -0.39 is 0 Å². The summed E-state index contributed by atoms with van der Waals surface area (Å²) in [5, 5.41) is 2.96. The smallest absolute Gasteiger partial charge is 0.259 e. The van der Waals surface area contributed by atoms with Crippen molar-refractivity contribution >= 4 is 23.2 Å². The van der Waals surface area contributed by atoms with Crippen LogP contribution in [0.2, 0.25) is 0 Å². The number of hydrogen-bond acceptors (Lipinski definition) is 3. The molecule has 4 rings (SSSR count). The summed E-state index contributed by atoms with van der Waals surface area (Å²) in [5.41, 5.74) is 4.99. The van der Waals surface area contributed by atoms with Crippen LogP contribution in [0, 0.1) is 0 Å². The lowest BCUT2D eigenvalue weighted by Crippen LogP contribution is -2.29. The molecule has 1 aromatic heterocycles. The molecule has 0 unspecified atom stereocenters. The standard InChI is InChI=1S/C25H25N3O2/c1-25(2,3)20-9-6-18(7-10-20)23(29)27-21-11-8-17-12-14-28(22(17)15-21)24(30)19-5-4-13-26-16-19/h4-11,13,15-16H,12,14H2,1-3H3,(H,27,29). The molecule has 30 heavy (non-hydrogen) atoms. The highest BCUT2D eigenvalue weighted by atomic mass is 16.2. The van der Waals surface area contributed by atoms with E-state index in [2.05, 4.69) is 31.1 Å². The summed E-state index contributed by atoms with van der Waals surface area (Å²) in [7, 11) is 0. The number of anilines is 2. The molecular weight excluding hydrogens is 374 g/mol. The van der Waals surface area contributed by atoms with Gasteiger partial charge in [-0.05, 0) is 59.4 Å². The number of rotatable bonds is 3. The number of nitrogens with one attached hydrogen (secondary N) is 1. The van der Waals surface area contributed by atoms with E-state index in [0.717, 1.165) is 17.7 Å². The van der Waals surface area contributed by atoms with Gasteiger partial charge < -0.3 is 10.2 Å². The fourth-order valence-corrected chi connectivity index (χ4v) is 3.64. The molecule has 0 atom stereocenters. The van der Waals surface area contributed by atoms with Gasteiger partial charge in [-0.3, -0.25) is 14.6 Å². The van der Waals surface area contributed by atoms with Gasteiger partial charge in [0.2, 0.25) is 0 Å². The predicted octanol–water partition coefficient (Wildman–Crippen LogP) is 4.83. The summed E-state index contributed by atoms with van der Waals surface area (Å²) < 4.78 is 0. The Bertz CT molecular complexity index is 1080. The molecule has 2 aromatic carbocycles. The van der Waals surface area contributed by atoms with Crippen LogP contribution in [0.3, 0.4) is 0 Å². The van der Waals surface area contributed by atoms with Crippen molar-refractivity contribution in [2.45, 2.75) is 32.6 Å². The third-order valence-corrected chi connectivity index (χ3v) is 5.41. The van der Waals surface area contributed by atoms with E-state index in [-0.39, 0.29) is 17.2 Å². The number of hydrogen-bond donors (Lipinski definition) is 1. The first-order valence-corrected chi connectivity index (χ1v) is 10.1. The van der Waals surface area contributed by atoms with Crippen LogP contribution in [-0.2, 0) is 11.8 Å². The first-order chi connectivity index (χ1) is 14.3. The van der Waals surface area contributed by atoms with Gasteiger partial charge in [-0.25, -0.2) is 0 Å². The molecular formula is C25H25N3O2. The van der Waals surface area contributed by atoms with Gasteiger partial charge in [0, 0.05) is 35.9 Å². The lowest BCUT2D eigenvalue weighted by molar-refractivity contribution is 0.0987. The molecule has 0 saturated carbocycles. The third kappa shape index (κ3) is 3.96. The van der Waals surface area contributed by atoms with Crippen molar-refractivity contribution < 1.29 is 9.59 Å². The Balaban J connectivity index is 1.53. The predicted molar refractivity (Wildman–Crippen MR) is 119 cm³/mol. The summed E-state index contributed by atoms with van der Waals surface area (Å²) in [4.78, 5) is 31.4. The van der Waals surface area contributed by atoms with Crippen molar-refractivity contribution in [1.82, 2.24) is 4.98 Å². The third-order valence-electron chi connectivity index (χ3n) is 5.41. The van der Waals surface area contributed by atoms with Gasteiger partial charge in [0.05, 0.1) is 5.56 Å². The normalized spacial score (nSPS) is 13.1. The van der Waals surface area contributed by atoms with E-state index in [0.29, 0.717) is 23.4 Å². The molecule has 0 bridgehead atoms. The number of pyridine rings is 1. The SMILES string of the molecule is CC(C)(C)c1ccc(C(=O)Nc2ccc3c(c2)N(C(=O)c2cccnc2)CC3)cc1. The van der Waals surface area contributed by atoms with Crippen LogP contribution in [0.15, 0.2) is 67.0 Å². The van der Waals surface area contributed by atoms with Crippen LogP contribution in [0.4, 0.5) is 11.4 Å². The average Bonchev–Trinajstić information content (AvgIpc) is 3.16. The minimum atomic E-state index is -0.168. The summed E-state index contributed by atoms with van der Waals surface area (Å²) in [5.74, 6) is -0.248. The van der Waals surface area contributed by atoms with Crippen molar-refractivity contribution in [1.29, 1.82) is 0 Å². The Labute approximate surface area is 176 Å². The van der Waals surface area contributed by atoms with Gasteiger partial charge in [0.1, 0.15) is 0 Å². The maximum Gasteiger partial charge on any atom is 0.259 e. The highest BCUT2D eigenvalue weighted by Crippen LogP contribution is 2.32. The fraction of sp³-hybridized carbons (Fsp3) is 0.240. The van der Waals surface area contributed by atoms with Crippen molar-refractivity contribution in [3.05, 3.63) is 89.2 Å². The first-order valence-electron chi connectivity index (χ1n) is 10.1. The quantitative estimate of drug-likeness (QED) is 0.686. The van der Waals surface area contributed by atoms with E-state index in [1.54, 1.807) is 29.4 Å². The molecule has 0 saturated heterocycles. The molecule has 0 radical (unpaired) electrons. The lowest BCUT2D eigenvalue weighted by atomic mass is 9.87. The maximum absolute atomic E-state index is 12.9. The number of fused-ring (bicyclic) bond motifs is 1. The zero-order chi connectivity index (χ0) is 21.3. The molecule has 0 fully saturated rings. The number of amides is 2. The molecule has 0 aliphatic carbocycles. The Kier molecular flexibility index (Phi) is 5.12. The summed E-state index contributed by atoms with van der Waals surface area (Å²) in [6, 6.07) is 16.9. The molecule has 152 valence electrons. The van der Waals surface area contributed by atoms with Gasteiger partial charge in [-0.2, -0.15) is 0 Å². The van der Waals surface area contributed by atoms with Crippen molar-refractivity contribution in [3.63, 3.8) is 0 Å². The van der Waals surface area contributed by atoms with Gasteiger partial charge >= 0.3 is 0 Å². The number of nitrogens with zero attached hydrogens (tertiary/aromatic N) is 2. The first kappa shape index (κ1) is 19.8. The van der Waals surface area contributed by atoms with E-state index in [4.69, 9.17) is 0 Å². The van der Waals surface area contributed by atoms with E-state index >= 15 is 0 Å². The van der Waals surface area contributed by atoms with Gasteiger partial charge in [0.25, 0.3) is 11.8 Å². The van der Waals surface area contributed by atoms with Crippen molar-refractivity contribution in [2.75, 3.05) is 16.8 Å². The highest BCUT2D eigenvalue weighted by molar-refractivity contribution is 6.08. The summed E-state index contributed by atoms with van der Waals surface area (Å²) in [6.45, 7) is 7.05. The van der Waals surface area contributed by atoms with E-state index in [9.17, 15) is 9.59 Å². The van der Waals surface area contributed by atoms with Crippen molar-refractivity contribution in [3.8, 4) is 0 Å². The largest absolute Gasteiger partial charge is 0.322 e. The minimum Gasteiger partial charge on any atom is -0.322 e. The molecule has 3 aromatic rings. The van der Waals surface area contributed by atoms with E-state index in [1.807, 2.05) is 42.5 Å². The molecule has 5 heteroatoms.